The maximum Gasteiger partial charge on any atom is 0.259 e. The van der Waals surface area contributed by atoms with Gasteiger partial charge in [-0.25, -0.2) is 0 Å². The van der Waals surface area contributed by atoms with Crippen LogP contribution in [0.1, 0.15) is 28.6 Å². The first-order valence-electron chi connectivity index (χ1n) is 5.90. The molecule has 0 saturated heterocycles. The van der Waals surface area contributed by atoms with E-state index < -0.39 is 0 Å². The highest BCUT2D eigenvalue weighted by Crippen LogP contribution is 2.18. The number of hydrogen-bond acceptors (Lipinski definition) is 3. The van der Waals surface area contributed by atoms with Crippen LogP contribution in [0.25, 0.3) is 0 Å². The van der Waals surface area contributed by atoms with Gasteiger partial charge in [-0.3, -0.25) is 4.79 Å². The van der Waals surface area contributed by atoms with Gasteiger partial charge in [-0.2, -0.15) is 0 Å². The summed E-state index contributed by atoms with van der Waals surface area (Å²) in [6, 6.07) is 8.82. The molecule has 0 saturated carbocycles. The van der Waals surface area contributed by atoms with E-state index in [0.717, 1.165) is 0 Å². The lowest BCUT2D eigenvalue weighted by molar-refractivity contribution is 0.102. The van der Waals surface area contributed by atoms with Gasteiger partial charge in [0.15, 0.2) is 0 Å². The summed E-state index contributed by atoms with van der Waals surface area (Å²) < 4.78 is 5.24. The van der Waals surface area contributed by atoms with Crippen molar-refractivity contribution in [3.05, 3.63) is 53.5 Å². The number of rotatable bonds is 4. The van der Waals surface area contributed by atoms with E-state index in [0.29, 0.717) is 29.0 Å². The van der Waals surface area contributed by atoms with Crippen molar-refractivity contribution in [2.45, 2.75) is 13.3 Å². The van der Waals surface area contributed by atoms with E-state index in [4.69, 9.17) is 22.4 Å². The maximum absolute atomic E-state index is 12.2. The first kappa shape index (κ1) is 13.3. The van der Waals surface area contributed by atoms with Crippen molar-refractivity contribution in [2.75, 3.05) is 5.32 Å². The highest BCUT2D eigenvalue weighted by Gasteiger charge is 2.15. The molecule has 0 aliphatic heterocycles. The molecule has 1 heterocycles. The third-order valence-electron chi connectivity index (χ3n) is 2.75. The van der Waals surface area contributed by atoms with Crippen LogP contribution in [0.3, 0.4) is 0 Å². The van der Waals surface area contributed by atoms with Crippen LogP contribution >= 0.6 is 12.2 Å². The maximum atomic E-state index is 12.2. The summed E-state index contributed by atoms with van der Waals surface area (Å²) in [6.45, 7) is 1.93. The molecule has 1 aromatic carbocycles. The Hall–Kier alpha value is -2.14. The molecule has 0 spiro atoms. The molecule has 0 unspecified atom stereocenters. The van der Waals surface area contributed by atoms with Gasteiger partial charge < -0.3 is 15.5 Å². The van der Waals surface area contributed by atoms with Crippen LogP contribution in [0.15, 0.2) is 41.0 Å². The first-order chi connectivity index (χ1) is 9.13. The van der Waals surface area contributed by atoms with Crippen LogP contribution in [0.4, 0.5) is 5.69 Å². The third kappa shape index (κ3) is 2.82. The number of amides is 1. The molecule has 1 amide bonds. The Morgan fingerprint density at radius 2 is 2.05 bits per heavy atom. The van der Waals surface area contributed by atoms with E-state index in [2.05, 4.69) is 5.32 Å². The monoisotopic (exact) mass is 274 g/mol. The number of carbonyl (C=O) groups is 1. The van der Waals surface area contributed by atoms with Crippen molar-refractivity contribution in [2.24, 2.45) is 5.73 Å². The smallest absolute Gasteiger partial charge is 0.259 e. The summed E-state index contributed by atoms with van der Waals surface area (Å²) >= 11 is 4.96. The minimum absolute atomic E-state index is 0.228. The Morgan fingerprint density at radius 3 is 2.74 bits per heavy atom. The zero-order valence-corrected chi connectivity index (χ0v) is 11.3. The Morgan fingerprint density at radius 1 is 1.32 bits per heavy atom. The van der Waals surface area contributed by atoms with Crippen LogP contribution < -0.4 is 11.1 Å². The van der Waals surface area contributed by atoms with Gasteiger partial charge in [-0.15, -0.1) is 0 Å². The topological polar surface area (TPSA) is 68.3 Å². The fraction of sp³-hybridized carbons (Fsp3) is 0.143. The first-order valence-corrected chi connectivity index (χ1v) is 6.31. The second-order valence-electron chi connectivity index (χ2n) is 3.97. The van der Waals surface area contributed by atoms with Crippen molar-refractivity contribution in [1.29, 1.82) is 0 Å². The van der Waals surface area contributed by atoms with E-state index >= 15 is 0 Å². The molecule has 2 aromatic rings. The van der Waals surface area contributed by atoms with Crippen molar-refractivity contribution < 1.29 is 9.21 Å². The SMILES string of the molecule is CCc1occc1C(=O)Nc1ccccc1C(N)=S. The molecule has 3 N–H and O–H groups in total. The molecule has 5 heteroatoms. The van der Waals surface area contributed by atoms with Crippen LogP contribution in [0.2, 0.25) is 0 Å². The molecular formula is C14H14N2O2S. The molecule has 1 aromatic heterocycles. The molecule has 0 radical (unpaired) electrons. The van der Waals surface area contributed by atoms with Gasteiger partial charge in [0.2, 0.25) is 0 Å². The Bertz CT molecular complexity index is 619. The number of nitrogens with two attached hydrogens (primary N) is 1. The highest BCUT2D eigenvalue weighted by molar-refractivity contribution is 7.80. The van der Waals surface area contributed by atoms with E-state index in [9.17, 15) is 4.79 Å². The van der Waals surface area contributed by atoms with E-state index in [1.54, 1.807) is 18.2 Å². The summed E-state index contributed by atoms with van der Waals surface area (Å²) in [7, 11) is 0. The Labute approximate surface area is 116 Å². The molecule has 2 rings (SSSR count). The van der Waals surface area contributed by atoms with E-state index in [1.165, 1.54) is 6.26 Å². The van der Waals surface area contributed by atoms with Crippen molar-refractivity contribution in [1.82, 2.24) is 0 Å². The Balaban J connectivity index is 2.27. The molecular weight excluding hydrogens is 260 g/mol. The zero-order valence-electron chi connectivity index (χ0n) is 10.5. The Kier molecular flexibility index (Phi) is 3.97. The van der Waals surface area contributed by atoms with E-state index in [1.807, 2.05) is 19.1 Å². The van der Waals surface area contributed by atoms with Crippen LogP contribution in [0.5, 0.6) is 0 Å². The molecule has 19 heavy (non-hydrogen) atoms. The number of thiocarbonyl (C=S) groups is 1. The summed E-state index contributed by atoms with van der Waals surface area (Å²) in [5.74, 6) is 0.430. The summed E-state index contributed by atoms with van der Waals surface area (Å²) in [6.07, 6.45) is 2.17. The molecule has 0 aliphatic carbocycles. The minimum atomic E-state index is -0.228. The normalized spacial score (nSPS) is 10.2. The van der Waals surface area contributed by atoms with E-state index in [-0.39, 0.29) is 10.9 Å². The summed E-state index contributed by atoms with van der Waals surface area (Å²) in [5.41, 5.74) is 7.40. The lowest BCUT2D eigenvalue weighted by Crippen LogP contribution is -2.17. The fourth-order valence-electron chi connectivity index (χ4n) is 1.81. The molecule has 0 atom stereocenters. The number of aryl methyl sites for hydroxylation is 1. The number of carbonyl (C=O) groups excluding carboxylic acids is 1. The average molecular weight is 274 g/mol. The van der Waals surface area contributed by atoms with Gasteiger partial charge in [0.1, 0.15) is 10.7 Å². The number of anilines is 1. The number of para-hydroxylation sites is 1. The lowest BCUT2D eigenvalue weighted by atomic mass is 10.1. The second-order valence-corrected chi connectivity index (χ2v) is 4.41. The lowest BCUT2D eigenvalue weighted by Gasteiger charge is -2.09. The standard InChI is InChI=1S/C14H14N2O2S/c1-2-12-10(7-8-18-12)14(17)16-11-6-4-3-5-9(11)13(15)19/h3-8H,2H2,1H3,(H2,15,19)(H,16,17). The number of hydrogen-bond donors (Lipinski definition) is 2. The van der Waals surface area contributed by atoms with Crippen LogP contribution in [-0.2, 0) is 6.42 Å². The predicted octanol–water partition coefficient (Wildman–Crippen LogP) is 2.73. The number of nitrogens with one attached hydrogen (secondary N) is 1. The van der Waals surface area contributed by atoms with Gasteiger partial charge >= 0.3 is 0 Å². The molecule has 0 fully saturated rings. The molecule has 0 bridgehead atoms. The van der Waals surface area contributed by atoms with Gasteiger partial charge in [-0.1, -0.05) is 31.3 Å². The van der Waals surface area contributed by atoms with Crippen molar-refractivity contribution in [3.63, 3.8) is 0 Å². The number of furan rings is 1. The van der Waals surface area contributed by atoms with Crippen molar-refractivity contribution >= 4 is 28.8 Å². The minimum Gasteiger partial charge on any atom is -0.469 e. The molecule has 4 nitrogen and oxygen atoms in total. The van der Waals surface area contributed by atoms with Gasteiger partial charge in [-0.05, 0) is 18.2 Å². The van der Waals surface area contributed by atoms with Crippen LogP contribution in [-0.4, -0.2) is 10.9 Å². The largest absolute Gasteiger partial charge is 0.469 e. The second kappa shape index (κ2) is 5.67. The van der Waals surface area contributed by atoms with Crippen molar-refractivity contribution in [3.8, 4) is 0 Å². The average Bonchev–Trinajstić information content (AvgIpc) is 2.87. The summed E-state index contributed by atoms with van der Waals surface area (Å²) in [4.78, 5) is 12.4. The van der Waals surface area contributed by atoms with Gasteiger partial charge in [0.05, 0.1) is 17.5 Å². The van der Waals surface area contributed by atoms with Gasteiger partial charge in [0, 0.05) is 12.0 Å². The quantitative estimate of drug-likeness (QED) is 0.841. The number of benzene rings is 1. The fourth-order valence-corrected chi connectivity index (χ4v) is 1.99. The van der Waals surface area contributed by atoms with Crippen LogP contribution in [0, 0.1) is 0 Å². The molecule has 98 valence electrons. The zero-order chi connectivity index (χ0) is 13.8. The summed E-state index contributed by atoms with van der Waals surface area (Å²) in [5, 5.41) is 2.80. The molecule has 0 aliphatic rings. The predicted molar refractivity (Wildman–Crippen MR) is 78.4 cm³/mol. The van der Waals surface area contributed by atoms with Gasteiger partial charge in [0.25, 0.3) is 5.91 Å². The highest BCUT2D eigenvalue weighted by atomic mass is 32.1. The third-order valence-corrected chi connectivity index (χ3v) is 2.97.